The van der Waals surface area contributed by atoms with Gasteiger partial charge in [0, 0.05) is 36.0 Å². The van der Waals surface area contributed by atoms with Crippen LogP contribution in [0, 0.1) is 28.6 Å². The molecule has 35 heavy (non-hydrogen) atoms. The minimum atomic E-state index is -0.239. The maximum absolute atomic E-state index is 14.3. The first-order chi connectivity index (χ1) is 16.6. The molecule has 2 aromatic rings. The summed E-state index contributed by atoms with van der Waals surface area (Å²) in [7, 11) is 3.19. The van der Waals surface area contributed by atoms with Gasteiger partial charge in [-0.1, -0.05) is 34.1 Å². The molecular weight excluding hydrogens is 440 g/mol. The lowest BCUT2D eigenvalue weighted by Crippen LogP contribution is -2.60. The number of carbonyl (C=O) groups is 2. The minimum absolute atomic E-state index is 0.0320. The van der Waals surface area contributed by atoms with Gasteiger partial charge in [0.15, 0.2) is 5.78 Å². The smallest absolute Gasteiger partial charge is 0.253 e. The van der Waals surface area contributed by atoms with Crippen LogP contribution in [-0.2, 0) is 0 Å². The number of benzene rings is 1. The van der Waals surface area contributed by atoms with Crippen LogP contribution in [0.25, 0.3) is 0 Å². The fourth-order valence-corrected chi connectivity index (χ4v) is 7.03. The minimum Gasteiger partial charge on any atom is -0.497 e. The van der Waals surface area contributed by atoms with Crippen LogP contribution in [0.2, 0.25) is 0 Å². The molecule has 2 aliphatic rings. The van der Waals surface area contributed by atoms with Crippen LogP contribution in [0.5, 0.6) is 11.5 Å². The standard InChI is InChI=1S/C29H38N2O4/c1-18-23(31-27(33)19-9-7-12-30-17-19)16-24-28(2,3)10-8-11-29(24,4)25(18)26(32)20-13-21(34-5)15-22(14-20)35-6/h7,9,12-15,17-18,23-25H,8,10-11,16H2,1-6H3,(H,31,33)/t18-,23+,24-,25+,29-/m0/s1. The van der Waals surface area contributed by atoms with Crippen molar-refractivity contribution >= 4 is 11.7 Å². The number of nitrogens with one attached hydrogen (secondary N) is 1. The van der Waals surface area contributed by atoms with Crippen molar-refractivity contribution < 1.29 is 19.1 Å². The lowest BCUT2D eigenvalue weighted by molar-refractivity contribution is -0.0902. The van der Waals surface area contributed by atoms with Crippen molar-refractivity contribution in [3.8, 4) is 11.5 Å². The SMILES string of the molecule is COc1cc(OC)cc(C(=O)[C@H]2[C@@H](C)[C@H](NC(=O)c3cccnc3)C[C@H]3C(C)(C)CCC[C@]23C)c1. The van der Waals surface area contributed by atoms with Crippen LogP contribution in [0.15, 0.2) is 42.7 Å². The average molecular weight is 479 g/mol. The number of pyridine rings is 1. The highest BCUT2D eigenvalue weighted by molar-refractivity contribution is 5.99. The predicted octanol–water partition coefficient (Wildman–Crippen LogP) is 5.57. The van der Waals surface area contributed by atoms with Gasteiger partial charge in [-0.15, -0.1) is 0 Å². The number of ketones is 1. The van der Waals surface area contributed by atoms with Crippen LogP contribution in [0.4, 0.5) is 0 Å². The fourth-order valence-electron chi connectivity index (χ4n) is 7.03. The Bertz CT molecular complexity index is 1060. The van der Waals surface area contributed by atoms with E-state index in [9.17, 15) is 9.59 Å². The van der Waals surface area contributed by atoms with Gasteiger partial charge in [-0.25, -0.2) is 0 Å². The van der Waals surface area contributed by atoms with Gasteiger partial charge in [0.1, 0.15) is 11.5 Å². The third-order valence-electron chi connectivity index (χ3n) is 8.80. The second kappa shape index (κ2) is 9.63. The first kappa shape index (κ1) is 25.2. The molecule has 2 saturated carbocycles. The molecule has 5 atom stereocenters. The molecule has 2 aliphatic carbocycles. The zero-order chi connectivity index (χ0) is 25.4. The first-order valence-corrected chi connectivity index (χ1v) is 12.6. The number of aromatic nitrogens is 1. The van der Waals surface area contributed by atoms with E-state index in [2.05, 4.69) is 38.0 Å². The van der Waals surface area contributed by atoms with Crippen LogP contribution in [0.1, 0.15) is 74.1 Å². The van der Waals surface area contributed by atoms with Crippen molar-refractivity contribution in [2.24, 2.45) is 28.6 Å². The van der Waals surface area contributed by atoms with E-state index in [0.29, 0.717) is 28.5 Å². The van der Waals surface area contributed by atoms with Crippen molar-refractivity contribution in [1.82, 2.24) is 10.3 Å². The summed E-state index contributed by atoms with van der Waals surface area (Å²) >= 11 is 0. The number of ether oxygens (including phenoxy) is 2. The molecular formula is C29H38N2O4. The van der Waals surface area contributed by atoms with Crippen LogP contribution >= 0.6 is 0 Å². The van der Waals surface area contributed by atoms with Crippen molar-refractivity contribution in [1.29, 1.82) is 0 Å². The monoisotopic (exact) mass is 478 g/mol. The van der Waals surface area contributed by atoms with Crippen LogP contribution < -0.4 is 14.8 Å². The Morgan fingerprint density at radius 2 is 1.71 bits per heavy atom. The molecule has 1 heterocycles. The topological polar surface area (TPSA) is 77.5 Å². The summed E-state index contributed by atoms with van der Waals surface area (Å²) in [5, 5.41) is 3.27. The third-order valence-corrected chi connectivity index (χ3v) is 8.80. The maximum atomic E-state index is 14.3. The summed E-state index contributed by atoms with van der Waals surface area (Å²) in [4.78, 5) is 31.5. The molecule has 188 valence electrons. The summed E-state index contributed by atoms with van der Waals surface area (Å²) in [5.41, 5.74) is 1.05. The number of hydrogen-bond acceptors (Lipinski definition) is 5. The number of methoxy groups -OCH3 is 2. The normalized spacial score (nSPS) is 29.5. The Labute approximate surface area is 208 Å². The number of Topliss-reactive ketones (excluding diaryl/α,β-unsaturated/α-hetero) is 1. The summed E-state index contributed by atoms with van der Waals surface area (Å²) < 4.78 is 10.9. The Morgan fingerprint density at radius 3 is 2.31 bits per heavy atom. The van der Waals surface area contributed by atoms with Gasteiger partial charge in [0.05, 0.1) is 19.8 Å². The Balaban J connectivity index is 1.74. The number of nitrogens with zero attached hydrogens (tertiary/aromatic N) is 1. The number of carbonyl (C=O) groups excluding carboxylic acids is 2. The molecule has 0 radical (unpaired) electrons. The molecule has 0 spiro atoms. The lowest BCUT2D eigenvalue weighted by atomic mass is 9.45. The fraction of sp³-hybridized carbons (Fsp3) is 0.552. The molecule has 2 fully saturated rings. The quantitative estimate of drug-likeness (QED) is 0.549. The van der Waals surface area contributed by atoms with E-state index in [1.165, 1.54) is 0 Å². The zero-order valence-corrected chi connectivity index (χ0v) is 21.8. The number of amides is 1. The van der Waals surface area contributed by atoms with E-state index < -0.39 is 0 Å². The van der Waals surface area contributed by atoms with E-state index in [4.69, 9.17) is 9.47 Å². The van der Waals surface area contributed by atoms with Crippen LogP contribution in [-0.4, -0.2) is 36.9 Å². The van der Waals surface area contributed by atoms with Crippen molar-refractivity contribution in [3.63, 3.8) is 0 Å². The van der Waals surface area contributed by atoms with E-state index in [1.54, 1.807) is 44.8 Å². The summed E-state index contributed by atoms with van der Waals surface area (Å²) in [6.45, 7) is 9.06. The van der Waals surface area contributed by atoms with Gasteiger partial charge in [-0.3, -0.25) is 14.6 Å². The third kappa shape index (κ3) is 4.67. The molecule has 0 aliphatic heterocycles. The summed E-state index contributed by atoms with van der Waals surface area (Å²) in [6, 6.07) is 8.83. The maximum Gasteiger partial charge on any atom is 0.253 e. The molecule has 0 bridgehead atoms. The number of rotatable bonds is 6. The molecule has 0 saturated heterocycles. The van der Waals surface area contributed by atoms with Crippen molar-refractivity contribution in [2.75, 3.05) is 14.2 Å². The highest BCUT2D eigenvalue weighted by Gasteiger charge is 2.58. The van der Waals surface area contributed by atoms with Crippen LogP contribution in [0.3, 0.4) is 0 Å². The van der Waals surface area contributed by atoms with Gasteiger partial charge in [0.25, 0.3) is 5.91 Å². The van der Waals surface area contributed by atoms with Gasteiger partial charge in [0.2, 0.25) is 0 Å². The van der Waals surface area contributed by atoms with Gasteiger partial charge >= 0.3 is 0 Å². The second-order valence-electron chi connectivity index (χ2n) is 11.3. The molecule has 6 heteroatoms. The van der Waals surface area contributed by atoms with Gasteiger partial charge in [-0.2, -0.15) is 0 Å². The molecule has 0 unspecified atom stereocenters. The largest absolute Gasteiger partial charge is 0.497 e. The molecule has 6 nitrogen and oxygen atoms in total. The van der Waals surface area contributed by atoms with Gasteiger partial charge < -0.3 is 14.8 Å². The molecule has 1 N–H and O–H groups in total. The highest BCUT2D eigenvalue weighted by atomic mass is 16.5. The molecule has 1 amide bonds. The Kier molecular flexibility index (Phi) is 6.94. The molecule has 1 aromatic heterocycles. The average Bonchev–Trinajstić information content (AvgIpc) is 2.84. The molecule has 4 rings (SSSR count). The van der Waals surface area contributed by atoms with E-state index in [-0.39, 0.29) is 40.4 Å². The zero-order valence-electron chi connectivity index (χ0n) is 21.8. The molecule has 1 aromatic carbocycles. The first-order valence-electron chi connectivity index (χ1n) is 12.6. The summed E-state index contributed by atoms with van der Waals surface area (Å²) in [5.74, 6) is 1.20. The Hall–Kier alpha value is -2.89. The van der Waals surface area contributed by atoms with E-state index >= 15 is 0 Å². The van der Waals surface area contributed by atoms with E-state index in [0.717, 1.165) is 25.7 Å². The second-order valence-corrected chi connectivity index (χ2v) is 11.3. The van der Waals surface area contributed by atoms with Crippen molar-refractivity contribution in [3.05, 3.63) is 53.9 Å². The van der Waals surface area contributed by atoms with E-state index in [1.807, 2.05) is 12.1 Å². The summed E-state index contributed by atoms with van der Waals surface area (Å²) in [6.07, 6.45) is 7.34. The number of fused-ring (bicyclic) bond motifs is 1. The highest BCUT2D eigenvalue weighted by Crippen LogP contribution is 2.61. The predicted molar refractivity (Wildman–Crippen MR) is 136 cm³/mol. The lowest BCUT2D eigenvalue weighted by Gasteiger charge is -2.60. The number of hydrogen-bond donors (Lipinski definition) is 1. The van der Waals surface area contributed by atoms with Gasteiger partial charge in [-0.05, 0) is 66.2 Å². The Morgan fingerprint density at radius 1 is 1.03 bits per heavy atom. The van der Waals surface area contributed by atoms with Crippen molar-refractivity contribution in [2.45, 2.75) is 59.4 Å².